The summed E-state index contributed by atoms with van der Waals surface area (Å²) in [6.45, 7) is 7.99. The van der Waals surface area contributed by atoms with E-state index in [9.17, 15) is 9.90 Å². The second-order valence-electron chi connectivity index (χ2n) is 5.18. The number of aryl methyl sites for hydroxylation is 1. The second kappa shape index (κ2) is 6.24. The van der Waals surface area contributed by atoms with E-state index in [0.29, 0.717) is 29.3 Å². The highest BCUT2D eigenvalue weighted by molar-refractivity contribution is 7.08. The van der Waals surface area contributed by atoms with Gasteiger partial charge in [-0.3, -0.25) is 4.79 Å². The first-order chi connectivity index (χ1) is 8.35. The second-order valence-corrected chi connectivity index (χ2v) is 5.93. The van der Waals surface area contributed by atoms with Crippen LogP contribution in [0.3, 0.4) is 0 Å². The molecular formula is C12H21N3O2S. The largest absolute Gasteiger partial charge is 0.388 e. The van der Waals surface area contributed by atoms with Crippen molar-refractivity contribution >= 4 is 17.4 Å². The monoisotopic (exact) mass is 271 g/mol. The molecule has 1 amide bonds. The quantitative estimate of drug-likeness (QED) is 0.824. The van der Waals surface area contributed by atoms with Gasteiger partial charge in [0.05, 0.1) is 11.3 Å². The number of aromatic nitrogens is 2. The number of nitrogens with zero attached hydrogens (tertiary/aromatic N) is 2. The predicted molar refractivity (Wildman–Crippen MR) is 71.7 cm³/mol. The lowest BCUT2D eigenvalue weighted by molar-refractivity contribution is 0.0369. The van der Waals surface area contributed by atoms with Gasteiger partial charge in [0.2, 0.25) is 0 Å². The Balaban J connectivity index is 2.56. The average molecular weight is 271 g/mol. The molecule has 0 fully saturated rings. The maximum absolute atomic E-state index is 11.9. The van der Waals surface area contributed by atoms with E-state index in [1.165, 1.54) is 0 Å². The Morgan fingerprint density at radius 1 is 1.56 bits per heavy atom. The minimum Gasteiger partial charge on any atom is -0.388 e. The Labute approximate surface area is 112 Å². The van der Waals surface area contributed by atoms with Gasteiger partial charge in [-0.1, -0.05) is 25.3 Å². The SMILES string of the molecule is CCc1nnsc1C(=O)NCC(C)(O)CC(C)C. The summed E-state index contributed by atoms with van der Waals surface area (Å²) in [5.74, 6) is 0.180. The molecule has 0 aliphatic carbocycles. The third-order valence-corrected chi connectivity index (χ3v) is 3.34. The van der Waals surface area contributed by atoms with Crippen LogP contribution < -0.4 is 5.32 Å². The average Bonchev–Trinajstić information content (AvgIpc) is 2.72. The van der Waals surface area contributed by atoms with Gasteiger partial charge in [0.15, 0.2) is 0 Å². The van der Waals surface area contributed by atoms with Gasteiger partial charge in [-0.15, -0.1) is 5.10 Å². The van der Waals surface area contributed by atoms with Crippen molar-refractivity contribution < 1.29 is 9.90 Å². The fourth-order valence-corrected chi connectivity index (χ4v) is 2.58. The van der Waals surface area contributed by atoms with Crippen molar-refractivity contribution in [1.29, 1.82) is 0 Å². The van der Waals surface area contributed by atoms with Crippen LogP contribution in [-0.4, -0.2) is 32.7 Å². The lowest BCUT2D eigenvalue weighted by atomic mass is 9.94. The van der Waals surface area contributed by atoms with E-state index in [0.717, 1.165) is 11.5 Å². The molecular weight excluding hydrogens is 250 g/mol. The Hall–Kier alpha value is -1.01. The van der Waals surface area contributed by atoms with Crippen LogP contribution >= 0.6 is 11.5 Å². The summed E-state index contributed by atoms with van der Waals surface area (Å²) >= 11 is 1.09. The van der Waals surface area contributed by atoms with Crippen LogP contribution in [-0.2, 0) is 6.42 Å². The highest BCUT2D eigenvalue weighted by atomic mass is 32.1. The molecule has 1 atom stereocenters. The minimum absolute atomic E-state index is 0.203. The summed E-state index contributed by atoms with van der Waals surface area (Å²) in [5, 5.41) is 16.8. The molecule has 1 aromatic heterocycles. The summed E-state index contributed by atoms with van der Waals surface area (Å²) < 4.78 is 3.78. The zero-order valence-electron chi connectivity index (χ0n) is 11.4. The van der Waals surface area contributed by atoms with Crippen molar-refractivity contribution in [3.8, 4) is 0 Å². The van der Waals surface area contributed by atoms with Gasteiger partial charge >= 0.3 is 0 Å². The van der Waals surface area contributed by atoms with E-state index in [-0.39, 0.29) is 12.5 Å². The minimum atomic E-state index is -0.881. The number of amides is 1. The van der Waals surface area contributed by atoms with Gasteiger partial charge in [-0.25, -0.2) is 0 Å². The number of hydrogen-bond donors (Lipinski definition) is 2. The van der Waals surface area contributed by atoms with Crippen LogP contribution in [0.2, 0.25) is 0 Å². The maximum atomic E-state index is 11.9. The highest BCUT2D eigenvalue weighted by Crippen LogP contribution is 2.16. The third-order valence-electron chi connectivity index (χ3n) is 2.57. The first kappa shape index (κ1) is 15.0. The fourth-order valence-electron chi connectivity index (χ4n) is 1.92. The number of aliphatic hydroxyl groups is 1. The molecule has 2 N–H and O–H groups in total. The molecule has 0 radical (unpaired) electrons. The molecule has 0 spiro atoms. The zero-order valence-corrected chi connectivity index (χ0v) is 12.2. The van der Waals surface area contributed by atoms with Crippen LogP contribution in [0.25, 0.3) is 0 Å². The Bertz CT molecular complexity index is 402. The number of rotatable bonds is 6. The van der Waals surface area contributed by atoms with Crippen LogP contribution in [0, 0.1) is 5.92 Å². The Morgan fingerprint density at radius 2 is 2.22 bits per heavy atom. The van der Waals surface area contributed by atoms with Crippen molar-refractivity contribution in [2.24, 2.45) is 5.92 Å². The third kappa shape index (κ3) is 4.34. The molecule has 1 rings (SSSR count). The number of nitrogens with one attached hydrogen (secondary N) is 1. The van der Waals surface area contributed by atoms with E-state index in [1.807, 2.05) is 20.8 Å². The van der Waals surface area contributed by atoms with Crippen molar-refractivity contribution in [2.45, 2.75) is 46.1 Å². The molecule has 1 unspecified atom stereocenters. The summed E-state index contributed by atoms with van der Waals surface area (Å²) in [6, 6.07) is 0. The van der Waals surface area contributed by atoms with E-state index in [1.54, 1.807) is 6.92 Å². The standard InChI is InChI=1S/C12H21N3O2S/c1-5-9-10(18-15-14-9)11(16)13-7-12(4,17)6-8(2)3/h8,17H,5-7H2,1-4H3,(H,13,16). The van der Waals surface area contributed by atoms with Crippen LogP contribution in [0.4, 0.5) is 0 Å². The van der Waals surface area contributed by atoms with Crippen molar-refractivity contribution in [3.63, 3.8) is 0 Å². The smallest absolute Gasteiger partial charge is 0.265 e. The Kier molecular flexibility index (Phi) is 5.22. The van der Waals surface area contributed by atoms with Crippen LogP contribution in [0.5, 0.6) is 0 Å². The highest BCUT2D eigenvalue weighted by Gasteiger charge is 2.24. The van der Waals surface area contributed by atoms with E-state index >= 15 is 0 Å². The fraction of sp³-hybridized carbons (Fsp3) is 0.750. The molecule has 18 heavy (non-hydrogen) atoms. The lowest BCUT2D eigenvalue weighted by Gasteiger charge is -2.25. The molecule has 6 heteroatoms. The van der Waals surface area contributed by atoms with E-state index in [2.05, 4.69) is 14.9 Å². The van der Waals surface area contributed by atoms with Crippen molar-refractivity contribution in [1.82, 2.24) is 14.9 Å². The van der Waals surface area contributed by atoms with E-state index in [4.69, 9.17) is 0 Å². The summed E-state index contributed by atoms with van der Waals surface area (Å²) in [6.07, 6.45) is 1.33. The normalized spacial score (nSPS) is 14.6. The van der Waals surface area contributed by atoms with Gasteiger partial charge in [0.25, 0.3) is 5.91 Å². The zero-order chi connectivity index (χ0) is 13.8. The molecule has 0 aromatic carbocycles. The molecule has 0 aliphatic heterocycles. The maximum Gasteiger partial charge on any atom is 0.265 e. The number of carbonyl (C=O) groups is 1. The number of carbonyl (C=O) groups excluding carboxylic acids is 1. The van der Waals surface area contributed by atoms with Crippen LogP contribution in [0.1, 0.15) is 49.5 Å². The van der Waals surface area contributed by atoms with Gasteiger partial charge in [-0.2, -0.15) is 0 Å². The van der Waals surface area contributed by atoms with Gasteiger partial charge in [0, 0.05) is 6.54 Å². The van der Waals surface area contributed by atoms with Crippen molar-refractivity contribution in [2.75, 3.05) is 6.54 Å². The summed E-state index contributed by atoms with van der Waals surface area (Å²) in [7, 11) is 0. The first-order valence-electron chi connectivity index (χ1n) is 6.17. The lowest BCUT2D eigenvalue weighted by Crippen LogP contribution is -2.41. The van der Waals surface area contributed by atoms with Crippen LogP contribution in [0.15, 0.2) is 0 Å². The molecule has 0 saturated carbocycles. The van der Waals surface area contributed by atoms with Gasteiger partial charge in [0.1, 0.15) is 4.88 Å². The molecule has 102 valence electrons. The summed E-state index contributed by atoms with van der Waals surface area (Å²) in [4.78, 5) is 12.5. The Morgan fingerprint density at radius 3 is 2.78 bits per heavy atom. The van der Waals surface area contributed by atoms with Gasteiger partial charge < -0.3 is 10.4 Å². The first-order valence-corrected chi connectivity index (χ1v) is 6.95. The van der Waals surface area contributed by atoms with Gasteiger partial charge in [-0.05, 0) is 37.2 Å². The molecule has 0 aliphatic rings. The predicted octanol–water partition coefficient (Wildman–Crippen LogP) is 1.63. The molecule has 5 nitrogen and oxygen atoms in total. The molecule has 0 bridgehead atoms. The number of hydrogen-bond acceptors (Lipinski definition) is 5. The topological polar surface area (TPSA) is 75.1 Å². The van der Waals surface area contributed by atoms with Crippen molar-refractivity contribution in [3.05, 3.63) is 10.6 Å². The molecule has 1 heterocycles. The summed E-state index contributed by atoms with van der Waals surface area (Å²) in [5.41, 5.74) is -0.171. The van der Waals surface area contributed by atoms with E-state index < -0.39 is 5.60 Å². The molecule has 0 saturated heterocycles. The molecule has 1 aromatic rings.